The van der Waals surface area contributed by atoms with Crippen molar-refractivity contribution >= 4 is 10.8 Å². The van der Waals surface area contributed by atoms with Crippen molar-refractivity contribution in [2.75, 3.05) is 20.2 Å². The molecule has 2 aromatic carbocycles. The summed E-state index contributed by atoms with van der Waals surface area (Å²) in [4.78, 5) is 2.35. The van der Waals surface area contributed by atoms with Crippen molar-refractivity contribution in [3.8, 4) is 0 Å². The molecule has 0 aliphatic carbocycles. The van der Waals surface area contributed by atoms with Crippen LogP contribution in [0.15, 0.2) is 42.5 Å². The van der Waals surface area contributed by atoms with Crippen LogP contribution in [0.25, 0.3) is 10.8 Å². The van der Waals surface area contributed by atoms with Gasteiger partial charge in [-0.2, -0.15) is 0 Å². The van der Waals surface area contributed by atoms with Gasteiger partial charge in [-0.05, 0) is 36.7 Å². The van der Waals surface area contributed by atoms with Crippen LogP contribution in [0.2, 0.25) is 0 Å². The Balaban J connectivity index is 1.79. The second-order valence-corrected chi connectivity index (χ2v) is 6.05. The van der Waals surface area contributed by atoms with E-state index >= 15 is 0 Å². The third-order valence-electron chi connectivity index (χ3n) is 4.61. The Kier molecular flexibility index (Phi) is 4.24. The van der Waals surface area contributed by atoms with E-state index in [1.54, 1.807) is 0 Å². The molecule has 3 nitrogen and oxygen atoms in total. The van der Waals surface area contributed by atoms with Gasteiger partial charge < -0.3 is 10.5 Å². The van der Waals surface area contributed by atoms with E-state index in [4.69, 9.17) is 10.5 Å². The monoisotopic (exact) mass is 284 g/mol. The van der Waals surface area contributed by atoms with E-state index in [0.717, 1.165) is 19.6 Å². The second-order valence-electron chi connectivity index (χ2n) is 6.05. The van der Waals surface area contributed by atoms with Gasteiger partial charge in [-0.15, -0.1) is 0 Å². The van der Waals surface area contributed by atoms with Crippen molar-refractivity contribution in [1.82, 2.24) is 4.90 Å². The number of fused-ring (bicyclic) bond motifs is 1. The molecule has 0 amide bonds. The van der Waals surface area contributed by atoms with Crippen molar-refractivity contribution < 1.29 is 4.74 Å². The molecule has 1 aliphatic rings. The lowest BCUT2D eigenvalue weighted by Crippen LogP contribution is -2.40. The van der Waals surface area contributed by atoms with Crippen LogP contribution in [-0.4, -0.2) is 37.2 Å². The van der Waals surface area contributed by atoms with E-state index in [1.165, 1.54) is 16.3 Å². The van der Waals surface area contributed by atoms with Crippen molar-refractivity contribution in [3.05, 3.63) is 48.0 Å². The van der Waals surface area contributed by atoms with Crippen LogP contribution in [0, 0.1) is 0 Å². The lowest BCUT2D eigenvalue weighted by molar-refractivity contribution is 0.0818. The van der Waals surface area contributed by atoms with Gasteiger partial charge >= 0.3 is 0 Å². The summed E-state index contributed by atoms with van der Waals surface area (Å²) in [6.45, 7) is 3.86. The van der Waals surface area contributed by atoms with Crippen LogP contribution in [0.3, 0.4) is 0 Å². The van der Waals surface area contributed by atoms with Gasteiger partial charge in [-0.1, -0.05) is 42.5 Å². The Morgan fingerprint density at radius 1 is 1.24 bits per heavy atom. The predicted molar refractivity (Wildman–Crippen MR) is 87.3 cm³/mol. The standard InChI is InChI=1S/C18H24N2O/c1-13-18(10-11-21-13)20(2)12-17(19)16-9-5-7-14-6-3-4-8-15(14)16/h3-9,13,17-18H,10-12,19H2,1-2H3. The fourth-order valence-corrected chi connectivity index (χ4v) is 3.42. The highest BCUT2D eigenvalue weighted by Gasteiger charge is 2.28. The predicted octanol–water partition coefficient (Wildman–Crippen LogP) is 2.95. The van der Waals surface area contributed by atoms with E-state index in [2.05, 4.69) is 61.3 Å². The Hall–Kier alpha value is -1.42. The Morgan fingerprint density at radius 3 is 2.76 bits per heavy atom. The molecule has 0 saturated carbocycles. The maximum atomic E-state index is 6.49. The number of rotatable bonds is 4. The fraction of sp³-hybridized carbons (Fsp3) is 0.444. The van der Waals surface area contributed by atoms with Gasteiger partial charge in [0.25, 0.3) is 0 Å². The minimum atomic E-state index is 0.0221. The summed E-state index contributed by atoms with van der Waals surface area (Å²) < 4.78 is 5.66. The van der Waals surface area contributed by atoms with Crippen molar-refractivity contribution in [2.24, 2.45) is 5.73 Å². The molecule has 21 heavy (non-hydrogen) atoms. The minimum Gasteiger partial charge on any atom is -0.377 e. The lowest BCUT2D eigenvalue weighted by Gasteiger charge is -2.29. The third kappa shape index (κ3) is 2.95. The zero-order valence-electron chi connectivity index (χ0n) is 12.8. The van der Waals surface area contributed by atoms with Crippen LogP contribution in [0.4, 0.5) is 0 Å². The van der Waals surface area contributed by atoms with Crippen LogP contribution < -0.4 is 5.73 Å². The molecule has 3 rings (SSSR count). The van der Waals surface area contributed by atoms with Gasteiger partial charge in [0.05, 0.1) is 6.10 Å². The fourth-order valence-electron chi connectivity index (χ4n) is 3.42. The molecule has 3 atom stereocenters. The maximum absolute atomic E-state index is 6.49. The normalized spacial score (nSPS) is 23.8. The van der Waals surface area contributed by atoms with Crippen LogP contribution in [0.5, 0.6) is 0 Å². The first-order valence-corrected chi connectivity index (χ1v) is 7.72. The zero-order valence-corrected chi connectivity index (χ0v) is 12.8. The van der Waals surface area contributed by atoms with Gasteiger partial charge in [0.15, 0.2) is 0 Å². The number of nitrogens with zero attached hydrogens (tertiary/aromatic N) is 1. The first-order chi connectivity index (χ1) is 10.2. The SMILES string of the molecule is CC1OCCC1N(C)CC(N)c1cccc2ccccc12. The third-order valence-corrected chi connectivity index (χ3v) is 4.61. The van der Waals surface area contributed by atoms with Gasteiger partial charge in [0.2, 0.25) is 0 Å². The molecular weight excluding hydrogens is 260 g/mol. The smallest absolute Gasteiger partial charge is 0.0702 e. The van der Waals surface area contributed by atoms with E-state index in [-0.39, 0.29) is 6.04 Å². The highest BCUT2D eigenvalue weighted by atomic mass is 16.5. The molecule has 0 spiro atoms. The summed E-state index contributed by atoms with van der Waals surface area (Å²) in [6.07, 6.45) is 1.40. The van der Waals surface area contributed by atoms with E-state index in [0.29, 0.717) is 12.1 Å². The molecule has 0 bridgehead atoms. The van der Waals surface area contributed by atoms with Gasteiger partial charge in [0, 0.05) is 25.2 Å². The van der Waals surface area contributed by atoms with Crippen LogP contribution in [-0.2, 0) is 4.74 Å². The molecule has 2 aromatic rings. The van der Waals surface area contributed by atoms with Gasteiger partial charge in [-0.3, -0.25) is 4.90 Å². The highest BCUT2D eigenvalue weighted by molar-refractivity contribution is 5.86. The quantitative estimate of drug-likeness (QED) is 0.938. The first-order valence-electron chi connectivity index (χ1n) is 7.72. The molecule has 1 aliphatic heterocycles. The average molecular weight is 284 g/mol. The lowest BCUT2D eigenvalue weighted by atomic mass is 9.98. The maximum Gasteiger partial charge on any atom is 0.0702 e. The Labute approximate surface area is 126 Å². The summed E-state index contributed by atoms with van der Waals surface area (Å²) in [5.41, 5.74) is 7.72. The molecule has 1 fully saturated rings. The molecule has 3 heteroatoms. The van der Waals surface area contributed by atoms with E-state index in [9.17, 15) is 0 Å². The molecule has 3 unspecified atom stereocenters. The molecular formula is C18H24N2O. The van der Waals surface area contributed by atoms with Crippen molar-refractivity contribution in [1.29, 1.82) is 0 Å². The van der Waals surface area contributed by atoms with Crippen molar-refractivity contribution in [3.63, 3.8) is 0 Å². The Morgan fingerprint density at radius 2 is 2.00 bits per heavy atom. The summed E-state index contributed by atoms with van der Waals surface area (Å²) in [6, 6.07) is 15.3. The molecule has 112 valence electrons. The Bertz CT molecular complexity index is 608. The number of likely N-dealkylation sites (N-methyl/N-ethyl adjacent to an activating group) is 1. The molecule has 0 aromatic heterocycles. The van der Waals surface area contributed by atoms with Crippen LogP contribution >= 0.6 is 0 Å². The largest absolute Gasteiger partial charge is 0.377 e. The number of hydrogen-bond donors (Lipinski definition) is 1. The van der Waals surface area contributed by atoms with E-state index in [1.807, 2.05) is 0 Å². The first kappa shape index (κ1) is 14.5. The molecule has 1 heterocycles. The van der Waals surface area contributed by atoms with Gasteiger partial charge in [0.1, 0.15) is 0 Å². The molecule has 1 saturated heterocycles. The summed E-state index contributed by atoms with van der Waals surface area (Å²) in [5, 5.41) is 2.52. The van der Waals surface area contributed by atoms with Crippen molar-refractivity contribution in [2.45, 2.75) is 31.5 Å². The topological polar surface area (TPSA) is 38.5 Å². The number of benzene rings is 2. The summed E-state index contributed by atoms with van der Waals surface area (Å²) >= 11 is 0. The van der Waals surface area contributed by atoms with Gasteiger partial charge in [-0.25, -0.2) is 0 Å². The minimum absolute atomic E-state index is 0.0221. The number of ether oxygens (including phenoxy) is 1. The molecule has 0 radical (unpaired) electrons. The van der Waals surface area contributed by atoms with E-state index < -0.39 is 0 Å². The summed E-state index contributed by atoms with van der Waals surface area (Å²) in [7, 11) is 2.15. The number of hydrogen-bond acceptors (Lipinski definition) is 3. The second kappa shape index (κ2) is 6.14. The average Bonchev–Trinajstić information content (AvgIpc) is 2.92. The highest BCUT2D eigenvalue weighted by Crippen LogP contribution is 2.25. The summed E-state index contributed by atoms with van der Waals surface area (Å²) in [5.74, 6) is 0. The van der Waals surface area contributed by atoms with Crippen LogP contribution in [0.1, 0.15) is 24.9 Å². The number of nitrogens with two attached hydrogens (primary N) is 1. The zero-order chi connectivity index (χ0) is 14.8. The molecule has 2 N–H and O–H groups in total.